The number of hydrogen-bond acceptors (Lipinski definition) is 5. The van der Waals surface area contributed by atoms with E-state index in [1.807, 2.05) is 21.6 Å². The number of carbonyl (C=O) groups is 1. The van der Waals surface area contributed by atoms with E-state index in [4.69, 9.17) is 4.42 Å². The molecule has 2 aromatic rings. The summed E-state index contributed by atoms with van der Waals surface area (Å²) in [5.74, 6) is 1.88. The summed E-state index contributed by atoms with van der Waals surface area (Å²) in [6.45, 7) is 7.39. The monoisotopic (exact) mass is 360 g/mol. The van der Waals surface area contributed by atoms with Crippen LogP contribution in [0.25, 0.3) is 11.6 Å². The van der Waals surface area contributed by atoms with Crippen LogP contribution >= 0.6 is 11.8 Å². The number of nitrogens with zero attached hydrogens (tertiary/aromatic N) is 4. The van der Waals surface area contributed by atoms with Crippen molar-refractivity contribution < 1.29 is 9.21 Å². The normalized spacial score (nSPS) is 17.6. The number of thioether (sulfide) groups is 1. The Labute approximate surface area is 152 Å². The van der Waals surface area contributed by atoms with Gasteiger partial charge in [-0.25, -0.2) is 0 Å². The Balaban J connectivity index is 1.70. The summed E-state index contributed by atoms with van der Waals surface area (Å²) in [5, 5.41) is 9.18. The van der Waals surface area contributed by atoms with Gasteiger partial charge < -0.3 is 9.32 Å². The average Bonchev–Trinajstić information content (AvgIpc) is 3.30. The molecule has 0 bridgehead atoms. The van der Waals surface area contributed by atoms with Gasteiger partial charge in [0.25, 0.3) is 0 Å². The van der Waals surface area contributed by atoms with Gasteiger partial charge in [-0.2, -0.15) is 0 Å². The summed E-state index contributed by atoms with van der Waals surface area (Å²) < 4.78 is 7.36. The van der Waals surface area contributed by atoms with E-state index in [2.05, 4.69) is 23.7 Å². The molecule has 134 valence electrons. The number of rotatable bonds is 7. The third kappa shape index (κ3) is 3.98. The number of hydrogen-bond donors (Lipinski definition) is 0. The molecule has 1 amide bonds. The van der Waals surface area contributed by atoms with Gasteiger partial charge in [-0.15, -0.1) is 16.8 Å². The first-order valence-corrected chi connectivity index (χ1v) is 9.73. The SMILES string of the molecule is C=CCn1c(SCC(=O)N2CCCCC2CC)nnc1-c1ccco1. The maximum atomic E-state index is 12.7. The average molecular weight is 360 g/mol. The highest BCUT2D eigenvalue weighted by Gasteiger charge is 2.26. The van der Waals surface area contributed by atoms with Crippen molar-refractivity contribution in [3.63, 3.8) is 0 Å². The van der Waals surface area contributed by atoms with Crippen LogP contribution in [0.1, 0.15) is 32.6 Å². The lowest BCUT2D eigenvalue weighted by molar-refractivity contribution is -0.132. The predicted octanol–water partition coefficient (Wildman–Crippen LogP) is 3.61. The van der Waals surface area contributed by atoms with Crippen LogP contribution in [-0.2, 0) is 11.3 Å². The van der Waals surface area contributed by atoms with Crippen molar-refractivity contribution in [2.75, 3.05) is 12.3 Å². The molecule has 1 atom stereocenters. The van der Waals surface area contributed by atoms with Gasteiger partial charge in [0.05, 0.1) is 12.0 Å². The van der Waals surface area contributed by atoms with E-state index in [1.54, 1.807) is 12.3 Å². The molecule has 6 nitrogen and oxygen atoms in total. The molecule has 1 fully saturated rings. The zero-order valence-electron chi connectivity index (χ0n) is 14.6. The lowest BCUT2D eigenvalue weighted by Gasteiger charge is -2.35. The lowest BCUT2D eigenvalue weighted by Crippen LogP contribution is -2.44. The van der Waals surface area contributed by atoms with Crippen LogP contribution in [0.4, 0.5) is 0 Å². The van der Waals surface area contributed by atoms with Crippen LogP contribution in [0.3, 0.4) is 0 Å². The summed E-state index contributed by atoms with van der Waals surface area (Å²) in [4.78, 5) is 14.7. The van der Waals surface area contributed by atoms with Crippen molar-refractivity contribution in [3.05, 3.63) is 31.1 Å². The summed E-state index contributed by atoms with van der Waals surface area (Å²) in [6.07, 6.45) is 7.85. The Morgan fingerprint density at radius 1 is 1.48 bits per heavy atom. The summed E-state index contributed by atoms with van der Waals surface area (Å²) in [5.41, 5.74) is 0. The molecule has 3 heterocycles. The van der Waals surface area contributed by atoms with E-state index in [0.717, 1.165) is 25.8 Å². The standard InChI is InChI=1S/C18H24N4O2S/c1-3-10-22-17(15-9-7-12-24-15)19-20-18(22)25-13-16(23)21-11-6-5-8-14(21)4-2/h3,7,9,12,14H,1,4-6,8,10-11,13H2,2H3. The van der Waals surface area contributed by atoms with Crippen molar-refractivity contribution in [1.29, 1.82) is 0 Å². The number of furan rings is 1. The minimum Gasteiger partial charge on any atom is -0.461 e. The van der Waals surface area contributed by atoms with Crippen LogP contribution in [0.15, 0.2) is 40.6 Å². The zero-order chi connectivity index (χ0) is 17.6. The molecule has 0 spiro atoms. The Morgan fingerprint density at radius 3 is 3.08 bits per heavy atom. The molecule has 25 heavy (non-hydrogen) atoms. The van der Waals surface area contributed by atoms with Crippen LogP contribution < -0.4 is 0 Å². The first kappa shape index (κ1) is 17.8. The fourth-order valence-corrected chi connectivity index (χ4v) is 4.07. The maximum absolute atomic E-state index is 12.7. The maximum Gasteiger partial charge on any atom is 0.233 e. The second kappa shape index (κ2) is 8.38. The molecule has 1 saturated heterocycles. The molecule has 1 unspecified atom stereocenters. The number of amides is 1. The Hall–Kier alpha value is -2.02. The first-order chi connectivity index (χ1) is 12.2. The Bertz CT molecular complexity index is 711. The number of allylic oxidation sites excluding steroid dienone is 1. The van der Waals surface area contributed by atoms with Crippen molar-refractivity contribution in [2.24, 2.45) is 0 Å². The van der Waals surface area contributed by atoms with E-state index in [-0.39, 0.29) is 5.91 Å². The summed E-state index contributed by atoms with van der Waals surface area (Å²) in [6, 6.07) is 4.05. The fraction of sp³-hybridized carbons (Fsp3) is 0.500. The third-order valence-electron chi connectivity index (χ3n) is 4.51. The van der Waals surface area contributed by atoms with Gasteiger partial charge in [-0.05, 0) is 37.8 Å². The highest BCUT2D eigenvalue weighted by Crippen LogP contribution is 2.26. The van der Waals surface area contributed by atoms with Gasteiger partial charge in [-0.3, -0.25) is 9.36 Å². The van der Waals surface area contributed by atoms with Gasteiger partial charge >= 0.3 is 0 Å². The fourth-order valence-electron chi connectivity index (χ4n) is 3.24. The van der Waals surface area contributed by atoms with E-state index in [0.29, 0.717) is 35.1 Å². The van der Waals surface area contributed by atoms with E-state index in [1.165, 1.54) is 18.2 Å². The quantitative estimate of drug-likeness (QED) is 0.557. The van der Waals surface area contributed by atoms with Crippen molar-refractivity contribution in [2.45, 2.75) is 50.4 Å². The largest absolute Gasteiger partial charge is 0.461 e. The molecule has 3 rings (SSSR count). The van der Waals surface area contributed by atoms with Gasteiger partial charge in [0, 0.05) is 19.1 Å². The minimum atomic E-state index is 0.184. The molecular formula is C18H24N4O2S. The number of likely N-dealkylation sites (tertiary alicyclic amines) is 1. The van der Waals surface area contributed by atoms with Crippen LogP contribution in [-0.4, -0.2) is 43.9 Å². The molecule has 1 aliphatic rings. The third-order valence-corrected chi connectivity index (χ3v) is 5.47. The van der Waals surface area contributed by atoms with Gasteiger partial charge in [0.15, 0.2) is 10.9 Å². The summed E-state index contributed by atoms with van der Waals surface area (Å²) >= 11 is 1.43. The van der Waals surface area contributed by atoms with Crippen molar-refractivity contribution >= 4 is 17.7 Å². The Morgan fingerprint density at radius 2 is 2.36 bits per heavy atom. The molecule has 2 aromatic heterocycles. The molecule has 0 saturated carbocycles. The second-order valence-corrected chi connectivity index (χ2v) is 7.06. The highest BCUT2D eigenvalue weighted by atomic mass is 32.2. The van der Waals surface area contributed by atoms with Gasteiger partial charge in [-0.1, -0.05) is 24.8 Å². The highest BCUT2D eigenvalue weighted by molar-refractivity contribution is 7.99. The molecule has 0 aliphatic carbocycles. The molecule has 0 N–H and O–H groups in total. The van der Waals surface area contributed by atoms with Crippen LogP contribution in [0.5, 0.6) is 0 Å². The van der Waals surface area contributed by atoms with E-state index in [9.17, 15) is 4.79 Å². The molecule has 1 aliphatic heterocycles. The van der Waals surface area contributed by atoms with Crippen molar-refractivity contribution in [3.8, 4) is 11.6 Å². The smallest absolute Gasteiger partial charge is 0.233 e. The van der Waals surface area contributed by atoms with Crippen molar-refractivity contribution in [1.82, 2.24) is 19.7 Å². The molecule has 0 radical (unpaired) electrons. The predicted molar refractivity (Wildman–Crippen MR) is 98.3 cm³/mol. The number of aromatic nitrogens is 3. The topological polar surface area (TPSA) is 64.2 Å². The van der Waals surface area contributed by atoms with Gasteiger partial charge in [0.1, 0.15) is 0 Å². The zero-order valence-corrected chi connectivity index (χ0v) is 15.4. The molecule has 0 aromatic carbocycles. The van der Waals surface area contributed by atoms with Gasteiger partial charge in [0.2, 0.25) is 11.7 Å². The van der Waals surface area contributed by atoms with E-state index < -0.39 is 0 Å². The minimum absolute atomic E-state index is 0.184. The second-order valence-electron chi connectivity index (χ2n) is 6.12. The first-order valence-electron chi connectivity index (χ1n) is 8.74. The number of carbonyl (C=O) groups excluding carboxylic acids is 1. The summed E-state index contributed by atoms with van der Waals surface area (Å²) in [7, 11) is 0. The molecular weight excluding hydrogens is 336 g/mol. The van der Waals surface area contributed by atoms with Crippen LogP contribution in [0, 0.1) is 0 Å². The van der Waals surface area contributed by atoms with Crippen LogP contribution in [0.2, 0.25) is 0 Å². The number of piperidine rings is 1. The van der Waals surface area contributed by atoms with E-state index >= 15 is 0 Å². The molecule has 7 heteroatoms. The Kier molecular flexibility index (Phi) is 5.96. The lowest BCUT2D eigenvalue weighted by atomic mass is 10.0.